The van der Waals surface area contributed by atoms with Gasteiger partial charge in [-0.3, -0.25) is 0 Å². The molecule has 2 fully saturated rings. The average molecular weight is 442 g/mol. The van der Waals surface area contributed by atoms with E-state index >= 15 is 0 Å². The third-order valence-electron chi connectivity index (χ3n) is 8.03. The summed E-state index contributed by atoms with van der Waals surface area (Å²) in [6.45, 7) is 4.77. The Morgan fingerprint density at radius 1 is 0.667 bits per heavy atom. The molecule has 2 aliphatic heterocycles. The second-order valence-corrected chi connectivity index (χ2v) is 10.3. The number of likely N-dealkylation sites (tertiary alicyclic amines) is 2. The highest BCUT2D eigenvalue weighted by atomic mass is 15.1. The summed E-state index contributed by atoms with van der Waals surface area (Å²) in [5.41, 5.74) is 7.66. The van der Waals surface area contributed by atoms with Gasteiger partial charge in [-0.05, 0) is 113 Å². The molecule has 0 spiro atoms. The molecule has 0 atom stereocenters. The lowest BCUT2D eigenvalue weighted by molar-refractivity contribution is 0.256. The Bertz CT molecular complexity index is 1150. The van der Waals surface area contributed by atoms with Crippen LogP contribution < -0.4 is 5.32 Å². The number of aromatic nitrogens is 2. The van der Waals surface area contributed by atoms with E-state index in [4.69, 9.17) is 0 Å². The molecule has 3 N–H and O–H groups in total. The minimum atomic E-state index is 0.669. The van der Waals surface area contributed by atoms with E-state index in [1.807, 2.05) is 0 Å². The van der Waals surface area contributed by atoms with Gasteiger partial charge in [0.2, 0.25) is 0 Å². The molecule has 0 bridgehead atoms. The van der Waals surface area contributed by atoms with E-state index in [-0.39, 0.29) is 0 Å². The Labute approximate surface area is 196 Å². The molecule has 0 amide bonds. The predicted molar refractivity (Wildman–Crippen MR) is 139 cm³/mol. The smallest absolute Gasteiger partial charge is 0.0477 e. The van der Waals surface area contributed by atoms with Crippen LogP contribution in [0.15, 0.2) is 48.8 Å². The number of aromatic amines is 2. The standard InChI is InChI=1S/C28H35N5/c1-32-11-7-19(8-12-32)25-17-29-27-15-21(3-5-23(25)27)31-22-4-6-24-26(18-30-28(24)16-22)20-9-13-33(2)14-10-20/h3-6,15-20,29-31H,7-14H2,1-2H3. The number of nitrogens with one attached hydrogen (secondary N) is 3. The van der Waals surface area contributed by atoms with E-state index < -0.39 is 0 Å². The van der Waals surface area contributed by atoms with Crippen molar-refractivity contribution >= 4 is 33.2 Å². The van der Waals surface area contributed by atoms with Gasteiger partial charge in [-0.15, -0.1) is 0 Å². The van der Waals surface area contributed by atoms with E-state index in [0.29, 0.717) is 11.8 Å². The van der Waals surface area contributed by atoms with Crippen LogP contribution in [0, 0.1) is 0 Å². The molecule has 4 heterocycles. The number of piperidine rings is 2. The van der Waals surface area contributed by atoms with Crippen LogP contribution in [-0.2, 0) is 0 Å². The van der Waals surface area contributed by atoms with Gasteiger partial charge in [-0.2, -0.15) is 0 Å². The summed E-state index contributed by atoms with van der Waals surface area (Å²) in [7, 11) is 4.45. The van der Waals surface area contributed by atoms with Gasteiger partial charge in [0.25, 0.3) is 0 Å². The van der Waals surface area contributed by atoms with Crippen molar-refractivity contribution in [3.8, 4) is 0 Å². The monoisotopic (exact) mass is 441 g/mol. The molecule has 2 saturated heterocycles. The van der Waals surface area contributed by atoms with Gasteiger partial charge < -0.3 is 25.1 Å². The van der Waals surface area contributed by atoms with Crippen molar-refractivity contribution < 1.29 is 0 Å². The predicted octanol–water partition coefficient (Wildman–Crippen LogP) is 6.01. The quantitative estimate of drug-likeness (QED) is 0.363. The van der Waals surface area contributed by atoms with Crippen LogP contribution in [0.5, 0.6) is 0 Å². The van der Waals surface area contributed by atoms with Gasteiger partial charge in [0, 0.05) is 45.6 Å². The number of benzene rings is 2. The topological polar surface area (TPSA) is 50.1 Å². The molecule has 5 nitrogen and oxygen atoms in total. The molecule has 172 valence electrons. The highest BCUT2D eigenvalue weighted by Crippen LogP contribution is 2.36. The highest BCUT2D eigenvalue weighted by molar-refractivity contribution is 5.90. The Balaban J connectivity index is 1.20. The van der Waals surface area contributed by atoms with E-state index in [1.54, 1.807) is 0 Å². The largest absolute Gasteiger partial charge is 0.361 e. The van der Waals surface area contributed by atoms with Gasteiger partial charge in [-0.1, -0.05) is 12.1 Å². The third kappa shape index (κ3) is 4.04. The summed E-state index contributed by atoms with van der Waals surface area (Å²) in [4.78, 5) is 11.9. The van der Waals surface area contributed by atoms with Crippen molar-refractivity contribution in [2.75, 3.05) is 45.6 Å². The second-order valence-electron chi connectivity index (χ2n) is 10.3. The fourth-order valence-electron chi connectivity index (χ4n) is 5.93. The molecule has 0 radical (unpaired) electrons. The van der Waals surface area contributed by atoms with Crippen LogP contribution in [-0.4, -0.2) is 60.0 Å². The van der Waals surface area contributed by atoms with Crippen molar-refractivity contribution in [2.24, 2.45) is 0 Å². The molecule has 0 saturated carbocycles. The molecular formula is C28H35N5. The van der Waals surface area contributed by atoms with E-state index in [9.17, 15) is 0 Å². The molecule has 4 aromatic rings. The number of H-pyrrole nitrogens is 2. The summed E-state index contributed by atoms with van der Waals surface area (Å²) in [5, 5.41) is 6.37. The zero-order valence-electron chi connectivity index (χ0n) is 19.8. The fourth-order valence-corrected chi connectivity index (χ4v) is 5.93. The van der Waals surface area contributed by atoms with Crippen LogP contribution in [0.4, 0.5) is 11.4 Å². The number of hydrogen-bond donors (Lipinski definition) is 3. The van der Waals surface area contributed by atoms with Gasteiger partial charge in [0.05, 0.1) is 0 Å². The maximum absolute atomic E-state index is 3.62. The minimum absolute atomic E-state index is 0.669. The molecule has 33 heavy (non-hydrogen) atoms. The number of nitrogens with zero attached hydrogens (tertiary/aromatic N) is 2. The summed E-state index contributed by atoms with van der Waals surface area (Å²) in [6.07, 6.45) is 9.47. The lowest BCUT2D eigenvalue weighted by atomic mass is 9.89. The van der Waals surface area contributed by atoms with Gasteiger partial charge >= 0.3 is 0 Å². The van der Waals surface area contributed by atoms with Crippen LogP contribution in [0.2, 0.25) is 0 Å². The van der Waals surface area contributed by atoms with Crippen molar-refractivity contribution in [3.63, 3.8) is 0 Å². The number of hydrogen-bond acceptors (Lipinski definition) is 3. The maximum atomic E-state index is 3.62. The zero-order chi connectivity index (χ0) is 22.4. The molecule has 2 aliphatic rings. The Morgan fingerprint density at radius 3 is 1.52 bits per heavy atom. The van der Waals surface area contributed by atoms with Gasteiger partial charge in [-0.25, -0.2) is 0 Å². The highest BCUT2D eigenvalue weighted by Gasteiger charge is 2.22. The molecule has 2 aromatic carbocycles. The molecule has 6 rings (SSSR count). The maximum Gasteiger partial charge on any atom is 0.0477 e. The van der Waals surface area contributed by atoms with Gasteiger partial charge in [0.1, 0.15) is 0 Å². The van der Waals surface area contributed by atoms with E-state index in [1.165, 1.54) is 84.8 Å². The van der Waals surface area contributed by atoms with Crippen molar-refractivity contribution in [2.45, 2.75) is 37.5 Å². The first-order valence-electron chi connectivity index (χ1n) is 12.5. The van der Waals surface area contributed by atoms with Crippen LogP contribution in [0.3, 0.4) is 0 Å². The van der Waals surface area contributed by atoms with Gasteiger partial charge in [0.15, 0.2) is 0 Å². The first-order chi connectivity index (χ1) is 16.1. The Morgan fingerprint density at radius 2 is 1.09 bits per heavy atom. The number of anilines is 2. The summed E-state index contributed by atoms with van der Waals surface area (Å²) < 4.78 is 0. The molecule has 0 aliphatic carbocycles. The second kappa shape index (κ2) is 8.54. The minimum Gasteiger partial charge on any atom is -0.361 e. The van der Waals surface area contributed by atoms with Crippen molar-refractivity contribution in [3.05, 3.63) is 59.9 Å². The van der Waals surface area contributed by atoms with Crippen molar-refractivity contribution in [1.29, 1.82) is 0 Å². The Hall–Kier alpha value is -2.76. The molecule has 0 unspecified atom stereocenters. The van der Waals surface area contributed by atoms with Crippen LogP contribution in [0.1, 0.15) is 48.6 Å². The van der Waals surface area contributed by atoms with Crippen LogP contribution >= 0.6 is 0 Å². The van der Waals surface area contributed by atoms with Crippen LogP contribution in [0.25, 0.3) is 21.8 Å². The first-order valence-corrected chi connectivity index (χ1v) is 12.5. The molecular weight excluding hydrogens is 406 g/mol. The summed E-state index contributed by atoms with van der Waals surface area (Å²) in [5.74, 6) is 1.34. The van der Waals surface area contributed by atoms with E-state index in [2.05, 4.69) is 88.0 Å². The lowest BCUT2D eigenvalue weighted by Crippen LogP contribution is -2.29. The summed E-state index contributed by atoms with van der Waals surface area (Å²) >= 11 is 0. The lowest BCUT2D eigenvalue weighted by Gasteiger charge is -2.28. The normalized spacial score (nSPS) is 19.6. The first kappa shape index (κ1) is 20.8. The zero-order valence-corrected chi connectivity index (χ0v) is 19.8. The number of rotatable bonds is 4. The molecule has 5 heteroatoms. The molecule has 2 aromatic heterocycles. The van der Waals surface area contributed by atoms with Crippen molar-refractivity contribution in [1.82, 2.24) is 19.8 Å². The average Bonchev–Trinajstić information content (AvgIpc) is 3.44. The fraction of sp³-hybridized carbons (Fsp3) is 0.429. The van der Waals surface area contributed by atoms with E-state index in [0.717, 1.165) is 11.4 Å². The summed E-state index contributed by atoms with van der Waals surface area (Å²) in [6, 6.07) is 13.5. The Kier molecular flexibility index (Phi) is 5.39. The third-order valence-corrected chi connectivity index (χ3v) is 8.03. The SMILES string of the molecule is CN1CCC(c2c[nH]c3cc(Nc4ccc5c(C6CCN(C)CC6)c[nH]c5c4)ccc23)CC1. The number of fused-ring (bicyclic) bond motifs is 2.